The lowest BCUT2D eigenvalue weighted by Crippen LogP contribution is -2.08. The molecule has 5 heteroatoms. The maximum Gasteiger partial charge on any atom is 0.149 e. The monoisotopic (exact) mass is 224 g/mol. The number of halogens is 1. The van der Waals surface area contributed by atoms with Gasteiger partial charge in [0.2, 0.25) is 0 Å². The van der Waals surface area contributed by atoms with E-state index in [9.17, 15) is 0 Å². The third-order valence-electron chi connectivity index (χ3n) is 2.88. The summed E-state index contributed by atoms with van der Waals surface area (Å²) in [6.45, 7) is 0. The molecule has 0 spiro atoms. The van der Waals surface area contributed by atoms with Crippen molar-refractivity contribution in [2.45, 2.75) is 25.7 Å². The summed E-state index contributed by atoms with van der Waals surface area (Å²) in [5, 5.41) is 0. The Hall–Kier alpha value is -1.29. The highest BCUT2D eigenvalue weighted by Gasteiger charge is 2.17. The van der Waals surface area contributed by atoms with Gasteiger partial charge >= 0.3 is 0 Å². The van der Waals surface area contributed by atoms with Crippen molar-refractivity contribution in [3.63, 3.8) is 0 Å². The Kier molecular flexibility index (Phi) is 2.52. The molecule has 2 aromatic rings. The van der Waals surface area contributed by atoms with Crippen molar-refractivity contribution in [2.75, 3.05) is 5.73 Å². The molecule has 0 saturated heterocycles. The van der Waals surface area contributed by atoms with Crippen LogP contribution in [0.4, 0.5) is 5.82 Å². The molecule has 3 rings (SSSR count). The number of fused-ring (bicyclic) bond motifs is 3. The van der Waals surface area contributed by atoms with E-state index in [1.165, 1.54) is 18.4 Å². The molecule has 2 heterocycles. The average Bonchev–Trinajstić information content (AvgIpc) is 2.67. The lowest BCUT2D eigenvalue weighted by atomic mass is 9.95. The maximum absolute atomic E-state index is 5.84. The molecule has 80 valence electrons. The van der Waals surface area contributed by atoms with E-state index in [-0.39, 0.29) is 12.4 Å². The number of pyridine rings is 1. The molecule has 0 fully saturated rings. The molecule has 0 radical (unpaired) electrons. The molecule has 0 bridgehead atoms. The number of aromatic nitrogens is 3. The summed E-state index contributed by atoms with van der Waals surface area (Å²) < 4.78 is 0. The number of anilines is 1. The highest BCUT2D eigenvalue weighted by atomic mass is 35.5. The number of aryl methyl sites for hydroxylation is 2. The second kappa shape index (κ2) is 3.70. The Balaban J connectivity index is 0.000000853. The van der Waals surface area contributed by atoms with Crippen LogP contribution in [0.2, 0.25) is 0 Å². The van der Waals surface area contributed by atoms with Crippen LogP contribution in [0.3, 0.4) is 0 Å². The van der Waals surface area contributed by atoms with Crippen LogP contribution in [-0.4, -0.2) is 15.0 Å². The van der Waals surface area contributed by atoms with Crippen molar-refractivity contribution in [2.24, 2.45) is 0 Å². The van der Waals surface area contributed by atoms with E-state index < -0.39 is 0 Å². The van der Waals surface area contributed by atoms with Crippen LogP contribution in [0.5, 0.6) is 0 Å². The first-order chi connectivity index (χ1) is 6.86. The lowest BCUT2D eigenvalue weighted by Gasteiger charge is -2.15. The number of H-pyrrole nitrogens is 1. The second-order valence-corrected chi connectivity index (χ2v) is 3.76. The number of rotatable bonds is 0. The first-order valence-electron chi connectivity index (χ1n) is 4.96. The van der Waals surface area contributed by atoms with Crippen molar-refractivity contribution in [3.05, 3.63) is 17.6 Å². The molecule has 1 aliphatic carbocycles. The van der Waals surface area contributed by atoms with Gasteiger partial charge in [0.05, 0.1) is 11.8 Å². The number of nitrogens with two attached hydrogens (primary N) is 1. The van der Waals surface area contributed by atoms with Crippen LogP contribution in [0.1, 0.15) is 24.1 Å². The van der Waals surface area contributed by atoms with E-state index in [2.05, 4.69) is 15.0 Å². The van der Waals surface area contributed by atoms with E-state index in [1.54, 1.807) is 6.33 Å². The van der Waals surface area contributed by atoms with Gasteiger partial charge in [0.25, 0.3) is 0 Å². The van der Waals surface area contributed by atoms with E-state index in [0.717, 1.165) is 29.6 Å². The second-order valence-electron chi connectivity index (χ2n) is 3.76. The van der Waals surface area contributed by atoms with Gasteiger partial charge in [-0.15, -0.1) is 12.4 Å². The summed E-state index contributed by atoms with van der Waals surface area (Å²) in [7, 11) is 0. The van der Waals surface area contributed by atoms with Crippen LogP contribution in [0.25, 0.3) is 11.0 Å². The van der Waals surface area contributed by atoms with E-state index in [4.69, 9.17) is 5.73 Å². The molecular weight excluding hydrogens is 212 g/mol. The van der Waals surface area contributed by atoms with E-state index >= 15 is 0 Å². The van der Waals surface area contributed by atoms with E-state index in [0.29, 0.717) is 5.82 Å². The molecule has 0 amide bonds. The Labute approximate surface area is 93.7 Å². The van der Waals surface area contributed by atoms with Crippen molar-refractivity contribution in [1.29, 1.82) is 0 Å². The first-order valence-corrected chi connectivity index (χ1v) is 4.96. The van der Waals surface area contributed by atoms with Crippen LogP contribution in [0, 0.1) is 0 Å². The first kappa shape index (κ1) is 10.2. The van der Waals surface area contributed by atoms with Gasteiger partial charge in [-0.2, -0.15) is 0 Å². The zero-order chi connectivity index (χ0) is 9.54. The third kappa shape index (κ3) is 1.45. The van der Waals surface area contributed by atoms with Gasteiger partial charge in [0.1, 0.15) is 11.3 Å². The molecule has 1 aliphatic rings. The SMILES string of the molecule is Cl.Nc1nc2c(c3nc[nH]c13)CCCC2. The molecule has 4 nitrogen and oxygen atoms in total. The van der Waals surface area contributed by atoms with Gasteiger partial charge in [-0.25, -0.2) is 9.97 Å². The predicted molar refractivity (Wildman–Crippen MR) is 62.2 cm³/mol. The van der Waals surface area contributed by atoms with Crippen molar-refractivity contribution >= 4 is 29.3 Å². The quantitative estimate of drug-likeness (QED) is 0.718. The summed E-state index contributed by atoms with van der Waals surface area (Å²) in [5.41, 5.74) is 10.2. The number of nitrogens with zero attached hydrogens (tertiary/aromatic N) is 2. The standard InChI is InChI=1S/C10H12N4.ClH/c11-10-9-8(12-5-13-9)6-3-1-2-4-7(6)14-10;/h5H,1-4H2,(H2,11,14)(H,12,13);1H. The Morgan fingerprint density at radius 2 is 2.07 bits per heavy atom. The number of nitrogens with one attached hydrogen (secondary N) is 1. The molecule has 0 aliphatic heterocycles. The fourth-order valence-electron chi connectivity index (χ4n) is 2.19. The van der Waals surface area contributed by atoms with E-state index in [1.807, 2.05) is 0 Å². The van der Waals surface area contributed by atoms with Gasteiger partial charge in [-0.3, -0.25) is 0 Å². The fraction of sp³-hybridized carbons (Fsp3) is 0.400. The summed E-state index contributed by atoms with van der Waals surface area (Å²) in [6.07, 6.45) is 6.28. The highest BCUT2D eigenvalue weighted by molar-refractivity contribution is 5.87. The topological polar surface area (TPSA) is 67.6 Å². The van der Waals surface area contributed by atoms with Crippen molar-refractivity contribution < 1.29 is 0 Å². The molecule has 0 aromatic carbocycles. The molecule has 0 atom stereocenters. The minimum Gasteiger partial charge on any atom is -0.382 e. The number of aromatic amines is 1. The largest absolute Gasteiger partial charge is 0.382 e. The zero-order valence-electron chi connectivity index (χ0n) is 8.29. The molecule has 2 aromatic heterocycles. The number of nitrogen functional groups attached to an aromatic ring is 1. The summed E-state index contributed by atoms with van der Waals surface area (Å²) in [6, 6.07) is 0. The Bertz CT molecular complexity index is 491. The van der Waals surface area contributed by atoms with Gasteiger partial charge in [-0.1, -0.05) is 0 Å². The van der Waals surface area contributed by atoms with Gasteiger partial charge in [-0.05, 0) is 25.7 Å². The van der Waals surface area contributed by atoms with Crippen molar-refractivity contribution in [1.82, 2.24) is 15.0 Å². The lowest BCUT2D eigenvalue weighted by molar-refractivity contribution is 0.673. The maximum atomic E-state index is 5.84. The van der Waals surface area contributed by atoms with Crippen LogP contribution in [0.15, 0.2) is 6.33 Å². The zero-order valence-corrected chi connectivity index (χ0v) is 9.10. The van der Waals surface area contributed by atoms with Gasteiger partial charge in [0, 0.05) is 11.3 Å². The minimum atomic E-state index is 0. The molecular formula is C10H13ClN4. The van der Waals surface area contributed by atoms with Crippen molar-refractivity contribution in [3.8, 4) is 0 Å². The summed E-state index contributed by atoms with van der Waals surface area (Å²) in [4.78, 5) is 11.8. The Morgan fingerprint density at radius 1 is 1.27 bits per heavy atom. The number of hydrogen-bond donors (Lipinski definition) is 2. The van der Waals surface area contributed by atoms with Crippen LogP contribution >= 0.6 is 12.4 Å². The molecule has 0 saturated carbocycles. The smallest absolute Gasteiger partial charge is 0.149 e. The highest BCUT2D eigenvalue weighted by Crippen LogP contribution is 2.28. The van der Waals surface area contributed by atoms with Gasteiger partial charge in [0.15, 0.2) is 0 Å². The number of hydrogen-bond acceptors (Lipinski definition) is 3. The van der Waals surface area contributed by atoms with Gasteiger partial charge < -0.3 is 10.7 Å². The normalized spacial score (nSPS) is 14.7. The van der Waals surface area contributed by atoms with Crippen LogP contribution in [-0.2, 0) is 12.8 Å². The summed E-state index contributed by atoms with van der Waals surface area (Å²) >= 11 is 0. The fourth-order valence-corrected chi connectivity index (χ4v) is 2.19. The molecule has 0 unspecified atom stereocenters. The van der Waals surface area contributed by atoms with Crippen LogP contribution < -0.4 is 5.73 Å². The molecule has 15 heavy (non-hydrogen) atoms. The Morgan fingerprint density at radius 3 is 2.93 bits per heavy atom. The third-order valence-corrected chi connectivity index (χ3v) is 2.88. The minimum absolute atomic E-state index is 0. The molecule has 3 N–H and O–H groups in total. The predicted octanol–water partition coefficient (Wildman–Crippen LogP) is 1.84. The average molecular weight is 225 g/mol. The summed E-state index contributed by atoms with van der Waals surface area (Å²) in [5.74, 6) is 0.582. The number of imidazole rings is 1.